The van der Waals surface area contributed by atoms with Crippen molar-refractivity contribution in [2.45, 2.75) is 28.9 Å². The van der Waals surface area contributed by atoms with Gasteiger partial charge in [-0.2, -0.15) is 5.10 Å². The van der Waals surface area contributed by atoms with E-state index in [0.717, 1.165) is 36.0 Å². The SMILES string of the molecule is Cl.O=S(=O)(c1cccc2ccccc12)c1n[nH]c2ccc(CNC3CCNC3)cc12. The molecule has 1 saturated heterocycles. The third kappa shape index (κ3) is 3.70. The zero-order valence-electron chi connectivity index (χ0n) is 16.3. The van der Waals surface area contributed by atoms with E-state index >= 15 is 0 Å². The summed E-state index contributed by atoms with van der Waals surface area (Å²) in [5.41, 5.74) is 1.76. The number of benzene rings is 3. The van der Waals surface area contributed by atoms with E-state index in [4.69, 9.17) is 0 Å². The molecule has 2 heterocycles. The maximum absolute atomic E-state index is 13.5. The Balaban J connectivity index is 0.00000218. The summed E-state index contributed by atoms with van der Waals surface area (Å²) in [5, 5.41) is 16.2. The highest BCUT2D eigenvalue weighted by molar-refractivity contribution is 7.91. The molecule has 3 aromatic carbocycles. The number of sulfone groups is 1. The Morgan fingerprint density at radius 2 is 1.87 bits per heavy atom. The number of nitrogens with one attached hydrogen (secondary N) is 3. The molecule has 0 radical (unpaired) electrons. The first-order chi connectivity index (χ1) is 14.1. The minimum Gasteiger partial charge on any atom is -0.315 e. The van der Waals surface area contributed by atoms with Crippen molar-refractivity contribution in [1.82, 2.24) is 20.8 Å². The number of H-pyrrole nitrogens is 1. The highest BCUT2D eigenvalue weighted by atomic mass is 35.5. The number of halogens is 1. The molecule has 0 saturated carbocycles. The van der Waals surface area contributed by atoms with Gasteiger partial charge >= 0.3 is 0 Å². The summed E-state index contributed by atoms with van der Waals surface area (Å²) in [6, 6.07) is 19.1. The van der Waals surface area contributed by atoms with E-state index in [-0.39, 0.29) is 22.3 Å². The quantitative estimate of drug-likeness (QED) is 0.441. The van der Waals surface area contributed by atoms with Gasteiger partial charge in [-0.05, 0) is 42.1 Å². The van der Waals surface area contributed by atoms with Crippen LogP contribution in [-0.4, -0.2) is 37.7 Å². The first kappa shape index (κ1) is 20.8. The van der Waals surface area contributed by atoms with E-state index < -0.39 is 9.84 Å². The number of hydrogen-bond acceptors (Lipinski definition) is 5. The molecule has 3 N–H and O–H groups in total. The highest BCUT2D eigenvalue weighted by Gasteiger charge is 2.25. The lowest BCUT2D eigenvalue weighted by Crippen LogP contribution is -2.30. The first-order valence-corrected chi connectivity index (χ1v) is 11.3. The lowest BCUT2D eigenvalue weighted by atomic mass is 10.1. The molecule has 1 fully saturated rings. The molecule has 1 aliphatic rings. The minimum atomic E-state index is -3.77. The molecule has 30 heavy (non-hydrogen) atoms. The van der Waals surface area contributed by atoms with E-state index in [1.165, 1.54) is 0 Å². The zero-order chi connectivity index (χ0) is 19.8. The first-order valence-electron chi connectivity index (χ1n) is 9.77. The summed E-state index contributed by atoms with van der Waals surface area (Å²) in [5.74, 6) is 0. The second-order valence-electron chi connectivity index (χ2n) is 7.46. The Kier molecular flexibility index (Phi) is 5.79. The maximum Gasteiger partial charge on any atom is 0.226 e. The summed E-state index contributed by atoms with van der Waals surface area (Å²) < 4.78 is 27.0. The van der Waals surface area contributed by atoms with Gasteiger partial charge in [0.25, 0.3) is 0 Å². The Bertz CT molecular complexity index is 1290. The Hall–Kier alpha value is -2.45. The smallest absolute Gasteiger partial charge is 0.226 e. The molecule has 0 aliphatic carbocycles. The largest absolute Gasteiger partial charge is 0.315 e. The monoisotopic (exact) mass is 442 g/mol. The molecule has 4 aromatic rings. The second kappa shape index (κ2) is 8.35. The van der Waals surface area contributed by atoms with Gasteiger partial charge in [-0.15, -0.1) is 12.4 Å². The standard InChI is InChI=1S/C22H22N4O2S.ClH/c27-29(28,21-7-3-5-16-4-1-2-6-18(16)21)22-19-12-15(8-9-20(19)25-26-22)13-24-17-10-11-23-14-17;/h1-9,12,17,23-24H,10-11,13-14H2,(H,25,26);1H. The molecule has 6 nitrogen and oxygen atoms in total. The van der Waals surface area contributed by atoms with E-state index in [2.05, 4.69) is 20.8 Å². The number of fused-ring (bicyclic) bond motifs is 2. The summed E-state index contributed by atoms with van der Waals surface area (Å²) in [7, 11) is -3.77. The second-order valence-corrected chi connectivity index (χ2v) is 9.29. The van der Waals surface area contributed by atoms with Crippen LogP contribution < -0.4 is 10.6 Å². The molecule has 0 amide bonds. The van der Waals surface area contributed by atoms with Crippen LogP contribution in [0, 0.1) is 0 Å². The van der Waals surface area contributed by atoms with Gasteiger partial charge in [0.15, 0.2) is 5.03 Å². The van der Waals surface area contributed by atoms with Crippen molar-refractivity contribution in [3.63, 3.8) is 0 Å². The number of hydrogen-bond donors (Lipinski definition) is 3. The van der Waals surface area contributed by atoms with Gasteiger partial charge in [-0.3, -0.25) is 5.10 Å². The normalized spacial score (nSPS) is 16.7. The predicted octanol–water partition coefficient (Wildman–Crippen LogP) is 3.42. The van der Waals surface area contributed by atoms with Crippen molar-refractivity contribution in [1.29, 1.82) is 0 Å². The van der Waals surface area contributed by atoms with Crippen LogP contribution >= 0.6 is 12.4 Å². The number of rotatable bonds is 5. The number of aromatic amines is 1. The van der Waals surface area contributed by atoms with Crippen LogP contribution in [0.25, 0.3) is 21.7 Å². The molecular formula is C22H23ClN4O2S. The lowest BCUT2D eigenvalue weighted by Gasteiger charge is -2.11. The summed E-state index contributed by atoms with van der Waals surface area (Å²) >= 11 is 0. The van der Waals surface area contributed by atoms with Gasteiger partial charge in [0.1, 0.15) is 0 Å². The van der Waals surface area contributed by atoms with Crippen LogP contribution in [0.2, 0.25) is 0 Å². The third-order valence-corrected chi connectivity index (χ3v) is 7.30. The van der Waals surface area contributed by atoms with Crippen molar-refractivity contribution in [2.24, 2.45) is 0 Å². The van der Waals surface area contributed by atoms with Gasteiger partial charge < -0.3 is 10.6 Å². The topological polar surface area (TPSA) is 86.9 Å². The molecule has 0 bridgehead atoms. The fourth-order valence-corrected chi connectivity index (χ4v) is 5.54. The van der Waals surface area contributed by atoms with Gasteiger partial charge in [-0.25, -0.2) is 8.42 Å². The average molecular weight is 443 g/mol. The van der Waals surface area contributed by atoms with E-state index in [0.29, 0.717) is 23.4 Å². The molecule has 156 valence electrons. The van der Waals surface area contributed by atoms with Crippen LogP contribution in [-0.2, 0) is 16.4 Å². The highest BCUT2D eigenvalue weighted by Crippen LogP contribution is 2.31. The Labute approximate surface area is 181 Å². The van der Waals surface area contributed by atoms with Crippen LogP contribution in [0.15, 0.2) is 70.6 Å². The van der Waals surface area contributed by atoms with E-state index in [9.17, 15) is 8.42 Å². The minimum absolute atomic E-state index is 0. The summed E-state index contributed by atoms with van der Waals surface area (Å²) in [6.07, 6.45) is 1.11. The van der Waals surface area contributed by atoms with Gasteiger partial charge in [-0.1, -0.05) is 42.5 Å². The predicted molar refractivity (Wildman–Crippen MR) is 121 cm³/mol. The van der Waals surface area contributed by atoms with Crippen molar-refractivity contribution < 1.29 is 8.42 Å². The van der Waals surface area contributed by atoms with Gasteiger partial charge in [0.05, 0.1) is 10.4 Å². The molecule has 1 atom stereocenters. The average Bonchev–Trinajstić information content (AvgIpc) is 3.41. The molecule has 5 rings (SSSR count). The molecule has 8 heteroatoms. The summed E-state index contributed by atoms with van der Waals surface area (Å²) in [4.78, 5) is 0.282. The van der Waals surface area contributed by atoms with Gasteiger partial charge in [0.2, 0.25) is 9.84 Å². The van der Waals surface area contributed by atoms with Crippen molar-refractivity contribution >= 4 is 43.9 Å². The fourth-order valence-electron chi connectivity index (χ4n) is 3.98. The van der Waals surface area contributed by atoms with Gasteiger partial charge in [0, 0.05) is 29.9 Å². The third-order valence-electron chi connectivity index (χ3n) is 5.54. The van der Waals surface area contributed by atoms with Crippen molar-refractivity contribution in [3.05, 3.63) is 66.2 Å². The Morgan fingerprint density at radius 3 is 2.70 bits per heavy atom. The molecule has 1 unspecified atom stereocenters. The maximum atomic E-state index is 13.5. The molecule has 1 aromatic heterocycles. The van der Waals surface area contributed by atoms with Crippen molar-refractivity contribution in [2.75, 3.05) is 13.1 Å². The number of aromatic nitrogens is 2. The molecule has 1 aliphatic heterocycles. The van der Waals surface area contributed by atoms with Crippen LogP contribution in [0.4, 0.5) is 0 Å². The van der Waals surface area contributed by atoms with Crippen LogP contribution in [0.3, 0.4) is 0 Å². The Morgan fingerprint density at radius 1 is 1.03 bits per heavy atom. The van der Waals surface area contributed by atoms with Crippen LogP contribution in [0.1, 0.15) is 12.0 Å². The molecule has 0 spiro atoms. The lowest BCUT2D eigenvalue weighted by molar-refractivity contribution is 0.547. The zero-order valence-corrected chi connectivity index (χ0v) is 17.9. The van der Waals surface area contributed by atoms with E-state index in [1.54, 1.807) is 12.1 Å². The van der Waals surface area contributed by atoms with Crippen LogP contribution in [0.5, 0.6) is 0 Å². The molecular weight excluding hydrogens is 420 g/mol. The summed E-state index contributed by atoms with van der Waals surface area (Å²) in [6.45, 7) is 2.70. The van der Waals surface area contributed by atoms with E-state index in [1.807, 2.05) is 48.5 Å². The fraction of sp³-hybridized carbons (Fsp3) is 0.227. The van der Waals surface area contributed by atoms with Crippen molar-refractivity contribution in [3.8, 4) is 0 Å². The number of nitrogens with zero attached hydrogens (tertiary/aromatic N) is 1.